The molecule has 0 amide bonds. The van der Waals surface area contributed by atoms with Gasteiger partial charge in [0.1, 0.15) is 0 Å². The van der Waals surface area contributed by atoms with Gasteiger partial charge < -0.3 is 0 Å². The fourth-order valence-corrected chi connectivity index (χ4v) is 5.33. The number of hydrogen-bond acceptors (Lipinski definition) is 1. The monoisotopic (exact) mass is 266 g/mol. The van der Waals surface area contributed by atoms with Crippen molar-refractivity contribution >= 4 is 5.78 Å². The molecule has 0 atom stereocenters. The number of allylic oxidation sites excluding steroid dienone is 2. The SMILES string of the molecule is O=C(C=CC12CC3CC(CC(C3)C1)C2)c1ccccc1. The van der Waals surface area contributed by atoms with Gasteiger partial charge in [-0.3, -0.25) is 4.79 Å². The molecule has 0 spiro atoms. The van der Waals surface area contributed by atoms with Crippen molar-refractivity contribution in [2.45, 2.75) is 38.5 Å². The minimum absolute atomic E-state index is 0.168. The lowest BCUT2D eigenvalue weighted by Crippen LogP contribution is -2.45. The van der Waals surface area contributed by atoms with Crippen LogP contribution in [0.3, 0.4) is 0 Å². The van der Waals surface area contributed by atoms with Gasteiger partial charge in [-0.25, -0.2) is 0 Å². The van der Waals surface area contributed by atoms with Gasteiger partial charge in [0.05, 0.1) is 0 Å². The Balaban J connectivity index is 1.54. The second-order valence-corrected chi connectivity index (χ2v) is 7.34. The van der Waals surface area contributed by atoms with E-state index in [0.717, 1.165) is 23.3 Å². The number of carbonyl (C=O) groups excluding carboxylic acids is 1. The van der Waals surface area contributed by atoms with Crippen LogP contribution in [0.25, 0.3) is 0 Å². The van der Waals surface area contributed by atoms with Crippen LogP contribution in [0, 0.1) is 23.2 Å². The van der Waals surface area contributed by atoms with Crippen LogP contribution in [-0.4, -0.2) is 5.78 Å². The van der Waals surface area contributed by atoms with Crippen LogP contribution in [0.4, 0.5) is 0 Å². The van der Waals surface area contributed by atoms with Crippen LogP contribution in [0.1, 0.15) is 48.9 Å². The summed E-state index contributed by atoms with van der Waals surface area (Å²) in [6.07, 6.45) is 12.5. The molecule has 0 aromatic heterocycles. The van der Waals surface area contributed by atoms with E-state index in [2.05, 4.69) is 6.08 Å². The predicted molar refractivity (Wildman–Crippen MR) is 80.5 cm³/mol. The molecule has 4 bridgehead atoms. The summed E-state index contributed by atoms with van der Waals surface area (Å²) in [5.41, 5.74) is 1.17. The highest BCUT2D eigenvalue weighted by Gasteiger charge is 2.49. The molecule has 0 aliphatic heterocycles. The summed E-state index contributed by atoms with van der Waals surface area (Å²) < 4.78 is 0. The molecule has 4 aliphatic rings. The molecule has 5 rings (SSSR count). The van der Waals surface area contributed by atoms with Gasteiger partial charge in [-0.15, -0.1) is 0 Å². The van der Waals surface area contributed by atoms with Crippen molar-refractivity contribution in [3.8, 4) is 0 Å². The van der Waals surface area contributed by atoms with Gasteiger partial charge in [0, 0.05) is 5.56 Å². The molecule has 1 heteroatoms. The fraction of sp³-hybridized carbons (Fsp3) is 0.526. The van der Waals surface area contributed by atoms with E-state index < -0.39 is 0 Å². The normalized spacial score (nSPS) is 38.5. The maximum atomic E-state index is 12.3. The molecule has 4 aliphatic carbocycles. The summed E-state index contributed by atoms with van der Waals surface area (Å²) in [6, 6.07) is 9.65. The van der Waals surface area contributed by atoms with Crippen LogP contribution in [0.15, 0.2) is 42.5 Å². The molecule has 0 radical (unpaired) electrons. The highest BCUT2D eigenvalue weighted by atomic mass is 16.1. The minimum atomic E-state index is 0.168. The first-order valence-corrected chi connectivity index (χ1v) is 8.01. The van der Waals surface area contributed by atoms with Gasteiger partial charge in [0.25, 0.3) is 0 Å². The van der Waals surface area contributed by atoms with Crippen molar-refractivity contribution in [1.29, 1.82) is 0 Å². The molecule has 1 aromatic carbocycles. The lowest BCUT2D eigenvalue weighted by molar-refractivity contribution is -0.0238. The number of carbonyl (C=O) groups is 1. The van der Waals surface area contributed by atoms with Crippen molar-refractivity contribution in [2.75, 3.05) is 0 Å². The Kier molecular flexibility index (Phi) is 2.83. The third-order valence-electron chi connectivity index (χ3n) is 5.73. The zero-order valence-corrected chi connectivity index (χ0v) is 11.9. The molecule has 1 aromatic rings. The Labute approximate surface area is 121 Å². The van der Waals surface area contributed by atoms with Crippen LogP contribution >= 0.6 is 0 Å². The summed E-state index contributed by atoms with van der Waals surface area (Å²) in [6.45, 7) is 0. The molecule has 0 saturated heterocycles. The van der Waals surface area contributed by atoms with Crippen molar-refractivity contribution in [2.24, 2.45) is 23.2 Å². The zero-order chi connectivity index (χ0) is 13.6. The highest BCUT2D eigenvalue weighted by Crippen LogP contribution is 2.60. The van der Waals surface area contributed by atoms with Crippen molar-refractivity contribution < 1.29 is 4.79 Å². The third kappa shape index (κ3) is 2.13. The summed E-state index contributed by atoms with van der Waals surface area (Å²) in [5.74, 6) is 2.99. The summed E-state index contributed by atoms with van der Waals surface area (Å²) >= 11 is 0. The van der Waals surface area contributed by atoms with E-state index in [-0.39, 0.29) is 5.78 Å². The lowest BCUT2D eigenvalue weighted by Gasteiger charge is -2.55. The van der Waals surface area contributed by atoms with Crippen LogP contribution in [0.5, 0.6) is 0 Å². The molecule has 4 saturated carbocycles. The first-order valence-electron chi connectivity index (χ1n) is 8.01. The van der Waals surface area contributed by atoms with E-state index in [1.54, 1.807) is 0 Å². The third-order valence-corrected chi connectivity index (χ3v) is 5.73. The topological polar surface area (TPSA) is 17.1 Å². The van der Waals surface area contributed by atoms with Gasteiger partial charge in [-0.05, 0) is 67.8 Å². The first-order chi connectivity index (χ1) is 9.72. The molecule has 0 unspecified atom stereocenters. The molecule has 0 heterocycles. The first kappa shape index (κ1) is 12.4. The molecule has 0 N–H and O–H groups in total. The Morgan fingerprint density at radius 3 is 2.05 bits per heavy atom. The molecular formula is C19H22O. The van der Waals surface area contributed by atoms with Crippen LogP contribution in [0.2, 0.25) is 0 Å². The van der Waals surface area contributed by atoms with Gasteiger partial charge >= 0.3 is 0 Å². The Morgan fingerprint density at radius 2 is 1.50 bits per heavy atom. The largest absolute Gasteiger partial charge is 0.289 e. The average molecular weight is 266 g/mol. The summed E-state index contributed by atoms with van der Waals surface area (Å²) in [5, 5.41) is 0. The van der Waals surface area contributed by atoms with E-state index in [1.165, 1.54) is 38.5 Å². The Morgan fingerprint density at radius 1 is 0.950 bits per heavy atom. The summed E-state index contributed by atoms with van der Waals surface area (Å²) in [4.78, 5) is 12.3. The quantitative estimate of drug-likeness (QED) is 0.575. The van der Waals surface area contributed by atoms with E-state index in [0.29, 0.717) is 5.41 Å². The second kappa shape index (κ2) is 4.58. The van der Waals surface area contributed by atoms with E-state index >= 15 is 0 Å². The molecular weight excluding hydrogens is 244 g/mol. The second-order valence-electron chi connectivity index (χ2n) is 7.34. The predicted octanol–water partition coefficient (Wildman–Crippen LogP) is 4.64. The smallest absolute Gasteiger partial charge is 0.185 e. The van der Waals surface area contributed by atoms with E-state index in [9.17, 15) is 4.79 Å². The summed E-state index contributed by atoms with van der Waals surface area (Å²) in [7, 11) is 0. The van der Waals surface area contributed by atoms with Gasteiger partial charge in [0.15, 0.2) is 5.78 Å². The van der Waals surface area contributed by atoms with Crippen molar-refractivity contribution in [3.05, 3.63) is 48.0 Å². The fourth-order valence-electron chi connectivity index (χ4n) is 5.33. The molecule has 20 heavy (non-hydrogen) atoms. The highest BCUT2D eigenvalue weighted by molar-refractivity contribution is 6.04. The van der Waals surface area contributed by atoms with Crippen LogP contribution in [-0.2, 0) is 0 Å². The number of ketones is 1. The minimum Gasteiger partial charge on any atom is -0.289 e. The lowest BCUT2D eigenvalue weighted by atomic mass is 9.49. The van der Waals surface area contributed by atoms with Crippen molar-refractivity contribution in [1.82, 2.24) is 0 Å². The van der Waals surface area contributed by atoms with Gasteiger partial charge in [0.2, 0.25) is 0 Å². The van der Waals surface area contributed by atoms with Crippen molar-refractivity contribution in [3.63, 3.8) is 0 Å². The standard InChI is InChI=1S/C19H22O/c20-18(17-4-2-1-3-5-17)6-7-19-11-14-8-15(12-19)10-16(9-14)13-19/h1-7,14-16H,8-13H2. The van der Waals surface area contributed by atoms with E-state index in [1.807, 2.05) is 36.4 Å². The molecule has 1 nitrogen and oxygen atoms in total. The Bertz CT molecular complexity index is 505. The number of rotatable bonds is 3. The zero-order valence-electron chi connectivity index (χ0n) is 11.9. The maximum absolute atomic E-state index is 12.3. The van der Waals surface area contributed by atoms with Gasteiger partial charge in [-0.1, -0.05) is 36.4 Å². The number of hydrogen-bond donors (Lipinski definition) is 0. The Hall–Kier alpha value is -1.37. The number of benzene rings is 1. The van der Waals surface area contributed by atoms with Crippen LogP contribution < -0.4 is 0 Å². The average Bonchev–Trinajstić information content (AvgIpc) is 2.44. The van der Waals surface area contributed by atoms with E-state index in [4.69, 9.17) is 0 Å². The maximum Gasteiger partial charge on any atom is 0.185 e. The molecule has 104 valence electrons. The molecule has 4 fully saturated rings. The van der Waals surface area contributed by atoms with Gasteiger partial charge in [-0.2, -0.15) is 0 Å².